The van der Waals surface area contributed by atoms with Crippen LogP contribution in [-0.2, 0) is 14.3 Å². The lowest BCUT2D eigenvalue weighted by atomic mass is 9.95. The van der Waals surface area contributed by atoms with Gasteiger partial charge in [-0.15, -0.1) is 10.2 Å². The second-order valence-electron chi connectivity index (χ2n) is 9.66. The summed E-state index contributed by atoms with van der Waals surface area (Å²) >= 11 is 0. The van der Waals surface area contributed by atoms with Gasteiger partial charge >= 0.3 is 0 Å². The number of hydrogen-bond donors (Lipinski definition) is 3. The maximum atomic E-state index is 13.4. The number of nitrogen functional groups attached to an aromatic ring is 1. The standard InChI is InChI=1S/C25H26N8O6/c1-25(36,24(35)28-14-5-6-17-18(11-14)39-31-22(17)26)21-23(34)32(9-10-37-21)19-7-8-33(30-19)15-12-20(29-27-13-15)38-16-3-2-4-16/h5-8,11-13,16,21,36H,2-4,9-10H2,1H3,(H2,26,31)(H,28,35). The Bertz CT molecular complexity index is 1540. The monoisotopic (exact) mass is 534 g/mol. The van der Waals surface area contributed by atoms with Crippen molar-refractivity contribution in [2.45, 2.75) is 44.0 Å². The number of nitrogens with two attached hydrogens (primary N) is 1. The second-order valence-corrected chi connectivity index (χ2v) is 9.66. The molecule has 0 spiro atoms. The zero-order chi connectivity index (χ0) is 27.1. The van der Waals surface area contributed by atoms with Crippen molar-refractivity contribution in [1.82, 2.24) is 25.1 Å². The SMILES string of the molecule is CC(O)(C(=O)Nc1ccc2c(N)noc2c1)C1OCCN(c2ccn(-c3cnnc(OC4CCC4)c3)n2)C1=O. The van der Waals surface area contributed by atoms with Gasteiger partial charge in [0.05, 0.1) is 30.4 Å². The number of fused-ring (bicyclic) bond motifs is 1. The first-order valence-corrected chi connectivity index (χ1v) is 12.5. The molecule has 1 aliphatic heterocycles. The molecule has 14 nitrogen and oxygen atoms in total. The highest BCUT2D eigenvalue weighted by Gasteiger charge is 2.49. The normalized spacial score (nSPS) is 19.5. The minimum atomic E-state index is -2.20. The summed E-state index contributed by atoms with van der Waals surface area (Å²) in [6.07, 6.45) is 5.02. The number of hydrogen-bond acceptors (Lipinski definition) is 11. The molecular formula is C25H26N8O6. The summed E-state index contributed by atoms with van der Waals surface area (Å²) in [6, 6.07) is 8.12. The number of amides is 2. The van der Waals surface area contributed by atoms with Gasteiger partial charge in [-0.25, -0.2) is 4.68 Å². The van der Waals surface area contributed by atoms with Gasteiger partial charge in [-0.3, -0.25) is 14.5 Å². The maximum Gasteiger partial charge on any atom is 0.260 e. The van der Waals surface area contributed by atoms with Crippen molar-refractivity contribution in [3.8, 4) is 11.6 Å². The van der Waals surface area contributed by atoms with Crippen LogP contribution in [0.4, 0.5) is 17.3 Å². The minimum absolute atomic E-state index is 0.0895. The fourth-order valence-electron chi connectivity index (χ4n) is 4.41. The van der Waals surface area contributed by atoms with Crippen molar-refractivity contribution in [3.63, 3.8) is 0 Å². The third kappa shape index (κ3) is 4.64. The third-order valence-electron chi connectivity index (χ3n) is 6.89. The number of rotatable bonds is 7. The molecule has 0 bridgehead atoms. The Kier molecular flexibility index (Phi) is 6.12. The molecule has 2 fully saturated rings. The highest BCUT2D eigenvalue weighted by molar-refractivity contribution is 6.06. The molecule has 4 aromatic rings. The Morgan fingerprint density at radius 2 is 2.13 bits per heavy atom. The zero-order valence-electron chi connectivity index (χ0n) is 21.0. The molecule has 2 atom stereocenters. The fraction of sp³-hybridized carbons (Fsp3) is 0.360. The molecule has 1 aliphatic carbocycles. The predicted molar refractivity (Wildman–Crippen MR) is 137 cm³/mol. The molecule has 4 heterocycles. The van der Waals surface area contributed by atoms with Crippen LogP contribution in [0.1, 0.15) is 26.2 Å². The first kappa shape index (κ1) is 24.8. The van der Waals surface area contributed by atoms with E-state index < -0.39 is 23.5 Å². The smallest absolute Gasteiger partial charge is 0.260 e. The van der Waals surface area contributed by atoms with E-state index in [4.69, 9.17) is 19.7 Å². The number of benzene rings is 1. The van der Waals surface area contributed by atoms with Gasteiger partial charge in [0.2, 0.25) is 5.88 Å². The molecule has 1 saturated carbocycles. The Hall–Kier alpha value is -4.56. The summed E-state index contributed by atoms with van der Waals surface area (Å²) in [5.41, 5.74) is 4.83. The third-order valence-corrected chi connectivity index (χ3v) is 6.89. The van der Waals surface area contributed by atoms with Crippen LogP contribution in [-0.4, -0.2) is 73.0 Å². The second kappa shape index (κ2) is 9.63. The highest BCUT2D eigenvalue weighted by atomic mass is 16.5. The van der Waals surface area contributed by atoms with E-state index in [0.29, 0.717) is 34.0 Å². The number of carbonyl (C=O) groups excluding carboxylic acids is 2. The Morgan fingerprint density at radius 1 is 1.28 bits per heavy atom. The van der Waals surface area contributed by atoms with E-state index >= 15 is 0 Å². The fourth-order valence-corrected chi connectivity index (χ4v) is 4.41. The van der Waals surface area contributed by atoms with E-state index in [2.05, 4.69) is 25.8 Å². The average Bonchev–Trinajstić information content (AvgIpc) is 3.53. The lowest BCUT2D eigenvalue weighted by molar-refractivity contribution is -0.165. The first-order valence-electron chi connectivity index (χ1n) is 12.5. The van der Waals surface area contributed by atoms with Crippen molar-refractivity contribution in [2.24, 2.45) is 0 Å². The molecule has 14 heteroatoms. The quantitative estimate of drug-likeness (QED) is 0.312. The zero-order valence-corrected chi connectivity index (χ0v) is 21.0. The molecule has 2 unspecified atom stereocenters. The van der Waals surface area contributed by atoms with Gasteiger partial charge in [0.15, 0.2) is 28.9 Å². The van der Waals surface area contributed by atoms with E-state index in [0.717, 1.165) is 19.3 Å². The molecule has 3 aromatic heterocycles. The Balaban J connectivity index is 1.17. The summed E-state index contributed by atoms with van der Waals surface area (Å²) in [5.74, 6) is -0.476. The van der Waals surface area contributed by atoms with Crippen LogP contribution in [0.2, 0.25) is 0 Å². The van der Waals surface area contributed by atoms with Crippen molar-refractivity contribution < 1.29 is 28.7 Å². The summed E-state index contributed by atoms with van der Waals surface area (Å²) in [6.45, 7) is 1.51. The molecule has 202 valence electrons. The highest BCUT2D eigenvalue weighted by Crippen LogP contribution is 2.28. The number of morpholine rings is 1. The number of nitrogens with one attached hydrogen (secondary N) is 1. The largest absolute Gasteiger partial charge is 0.473 e. The topological polar surface area (TPSA) is 184 Å². The van der Waals surface area contributed by atoms with Crippen LogP contribution >= 0.6 is 0 Å². The average molecular weight is 535 g/mol. The molecule has 2 aliphatic rings. The van der Waals surface area contributed by atoms with Gasteiger partial charge in [-0.1, -0.05) is 5.16 Å². The number of ether oxygens (including phenoxy) is 2. The van der Waals surface area contributed by atoms with Gasteiger partial charge in [-0.05, 0) is 38.3 Å². The van der Waals surface area contributed by atoms with E-state index in [9.17, 15) is 14.7 Å². The summed E-state index contributed by atoms with van der Waals surface area (Å²) in [4.78, 5) is 27.8. The first-order chi connectivity index (χ1) is 18.8. The number of aromatic nitrogens is 5. The molecule has 1 saturated heterocycles. The van der Waals surface area contributed by atoms with E-state index in [-0.39, 0.29) is 25.1 Å². The molecule has 2 amide bonds. The molecular weight excluding hydrogens is 508 g/mol. The van der Waals surface area contributed by atoms with Crippen LogP contribution in [0, 0.1) is 0 Å². The lowest BCUT2D eigenvalue weighted by Crippen LogP contribution is -2.61. The Morgan fingerprint density at radius 3 is 2.92 bits per heavy atom. The summed E-state index contributed by atoms with van der Waals surface area (Å²) < 4.78 is 18.1. The van der Waals surface area contributed by atoms with Crippen molar-refractivity contribution in [3.05, 3.63) is 42.7 Å². The van der Waals surface area contributed by atoms with Crippen LogP contribution in [0.15, 0.2) is 47.2 Å². The molecule has 1 aromatic carbocycles. The van der Waals surface area contributed by atoms with Crippen LogP contribution < -0.4 is 20.7 Å². The maximum absolute atomic E-state index is 13.4. The van der Waals surface area contributed by atoms with Crippen LogP contribution in [0.3, 0.4) is 0 Å². The van der Waals surface area contributed by atoms with Crippen molar-refractivity contribution in [2.75, 3.05) is 29.1 Å². The number of anilines is 3. The van der Waals surface area contributed by atoms with E-state index in [1.165, 1.54) is 24.1 Å². The lowest BCUT2D eigenvalue weighted by Gasteiger charge is -2.37. The summed E-state index contributed by atoms with van der Waals surface area (Å²) in [5, 5.41) is 30.5. The number of nitrogens with zero attached hydrogens (tertiary/aromatic N) is 6. The minimum Gasteiger partial charge on any atom is -0.473 e. The van der Waals surface area contributed by atoms with Gasteiger partial charge in [0, 0.05) is 30.1 Å². The van der Waals surface area contributed by atoms with Crippen LogP contribution in [0.25, 0.3) is 16.7 Å². The summed E-state index contributed by atoms with van der Waals surface area (Å²) in [7, 11) is 0. The molecule has 4 N–H and O–H groups in total. The van der Waals surface area contributed by atoms with E-state index in [1.54, 1.807) is 35.1 Å². The van der Waals surface area contributed by atoms with Gasteiger partial charge in [0.25, 0.3) is 11.8 Å². The van der Waals surface area contributed by atoms with Crippen molar-refractivity contribution in [1.29, 1.82) is 0 Å². The van der Waals surface area contributed by atoms with Gasteiger partial charge in [0.1, 0.15) is 6.10 Å². The Labute approximate surface area is 221 Å². The van der Waals surface area contributed by atoms with Crippen LogP contribution in [0.5, 0.6) is 5.88 Å². The van der Waals surface area contributed by atoms with Gasteiger partial charge in [-0.2, -0.15) is 5.10 Å². The van der Waals surface area contributed by atoms with Gasteiger partial charge < -0.3 is 30.2 Å². The van der Waals surface area contributed by atoms with Crippen molar-refractivity contribution >= 4 is 40.1 Å². The molecule has 0 radical (unpaired) electrons. The number of aliphatic hydroxyl groups is 1. The predicted octanol–water partition coefficient (Wildman–Crippen LogP) is 1.44. The van der Waals surface area contributed by atoms with E-state index in [1.807, 2.05) is 0 Å². The number of carbonyl (C=O) groups is 2. The molecule has 39 heavy (non-hydrogen) atoms. The molecule has 6 rings (SSSR count).